The van der Waals surface area contributed by atoms with Gasteiger partial charge in [-0.1, -0.05) is 40.0 Å². The maximum Gasteiger partial charge on any atom is 0.270 e. The minimum Gasteiger partial charge on any atom is -0.363 e. The Bertz CT molecular complexity index is 168. The third-order valence-corrected chi connectivity index (χ3v) is 3.68. The van der Waals surface area contributed by atoms with E-state index in [2.05, 4.69) is 34.9 Å². The molecule has 6 heteroatoms. The zero-order chi connectivity index (χ0) is 13.2. The van der Waals surface area contributed by atoms with Gasteiger partial charge in [-0.3, -0.25) is 0 Å². The van der Waals surface area contributed by atoms with Gasteiger partial charge < -0.3 is 14.2 Å². The number of rotatable bonds is 9. The summed E-state index contributed by atoms with van der Waals surface area (Å²) >= 11 is 0. The Morgan fingerprint density at radius 3 is 1.06 bits per heavy atom. The van der Waals surface area contributed by atoms with Crippen molar-refractivity contribution < 1.29 is 0 Å². The van der Waals surface area contributed by atoms with Crippen molar-refractivity contribution in [1.29, 1.82) is 0 Å². The first kappa shape index (κ1) is 16.1. The molecule has 1 fully saturated rings. The van der Waals surface area contributed by atoms with E-state index in [1.165, 1.54) is 80.8 Å². The lowest BCUT2D eigenvalue weighted by atomic mass is 9.73. The minimum absolute atomic E-state index is 1.18. The molecule has 1 saturated heterocycles. The van der Waals surface area contributed by atoms with Crippen molar-refractivity contribution in [2.45, 2.75) is 59.3 Å². The summed E-state index contributed by atoms with van der Waals surface area (Å²) in [6.45, 7) is 10.7. The smallest absolute Gasteiger partial charge is 0.270 e. The van der Waals surface area contributed by atoms with Gasteiger partial charge in [0.25, 0.3) is 22.6 Å². The number of hydrogen-bond donors (Lipinski definition) is 0. The molecule has 0 amide bonds. The van der Waals surface area contributed by atoms with Gasteiger partial charge in [0.1, 0.15) is 0 Å². The van der Waals surface area contributed by atoms with Crippen LogP contribution in [0.15, 0.2) is 0 Å². The van der Waals surface area contributed by atoms with Crippen molar-refractivity contribution in [3.05, 3.63) is 0 Å². The van der Waals surface area contributed by atoms with Crippen LogP contribution in [0.25, 0.3) is 0 Å². The lowest BCUT2D eigenvalue weighted by Gasteiger charge is -2.40. The Morgan fingerprint density at radius 2 is 0.833 bits per heavy atom. The molecule has 0 bridgehead atoms. The molecule has 0 radical (unpaired) electrons. The van der Waals surface area contributed by atoms with Gasteiger partial charge in [0.2, 0.25) is 0 Å². The summed E-state index contributed by atoms with van der Waals surface area (Å²) in [7, 11) is 3.55. The first-order chi connectivity index (χ1) is 8.80. The highest BCUT2D eigenvalue weighted by molar-refractivity contribution is 6.64. The molecule has 0 aliphatic carbocycles. The van der Waals surface area contributed by atoms with E-state index >= 15 is 0 Å². The van der Waals surface area contributed by atoms with Gasteiger partial charge >= 0.3 is 0 Å². The first-order valence-corrected chi connectivity index (χ1v) is 7.97. The second kappa shape index (κ2) is 9.93. The van der Waals surface area contributed by atoms with Crippen LogP contribution in [0.2, 0.25) is 0 Å². The summed E-state index contributed by atoms with van der Waals surface area (Å²) in [5.74, 6) is 0. The summed E-state index contributed by atoms with van der Waals surface area (Å²) in [6, 6.07) is 0. The lowest BCUT2D eigenvalue weighted by Crippen LogP contribution is -2.61. The largest absolute Gasteiger partial charge is 0.363 e. The van der Waals surface area contributed by atoms with E-state index in [-0.39, 0.29) is 0 Å². The Labute approximate surface area is 116 Å². The standard InChI is InChI=1S/C12H30B3N3/c1-4-7-10-16-13-17(11-8-5-2)15-18(14-16)12-9-6-3/h13-15H,4-12H2,1-3H3. The molecular weight excluding hydrogens is 219 g/mol. The first-order valence-electron chi connectivity index (χ1n) is 7.97. The fraction of sp³-hybridized carbons (Fsp3) is 1.00. The number of nitrogens with zero attached hydrogens (tertiary/aromatic N) is 3. The van der Waals surface area contributed by atoms with Crippen LogP contribution in [0.4, 0.5) is 0 Å². The lowest BCUT2D eigenvalue weighted by molar-refractivity contribution is 0.456. The van der Waals surface area contributed by atoms with E-state index in [0.29, 0.717) is 0 Å². The van der Waals surface area contributed by atoms with Crippen molar-refractivity contribution in [2.24, 2.45) is 0 Å². The van der Waals surface area contributed by atoms with Crippen LogP contribution in [0, 0.1) is 0 Å². The SMILES string of the molecule is CCCCN1BN(CCCC)BN(CCCC)B1. The summed E-state index contributed by atoms with van der Waals surface area (Å²) < 4.78 is 7.87. The van der Waals surface area contributed by atoms with Crippen molar-refractivity contribution in [3.63, 3.8) is 0 Å². The van der Waals surface area contributed by atoms with Gasteiger partial charge in [0.15, 0.2) is 0 Å². The second-order valence-corrected chi connectivity index (χ2v) is 5.67. The molecule has 0 unspecified atom stereocenters. The van der Waals surface area contributed by atoms with Crippen LogP contribution < -0.4 is 0 Å². The van der Waals surface area contributed by atoms with Crippen LogP contribution in [-0.4, -0.2) is 56.4 Å². The summed E-state index contributed by atoms with van der Waals surface area (Å²) in [5.41, 5.74) is 0. The van der Waals surface area contributed by atoms with Gasteiger partial charge in [-0.25, -0.2) is 0 Å². The van der Waals surface area contributed by atoms with Crippen molar-refractivity contribution >= 4 is 22.6 Å². The topological polar surface area (TPSA) is 9.72 Å². The quantitative estimate of drug-likeness (QED) is 0.566. The van der Waals surface area contributed by atoms with E-state index < -0.39 is 0 Å². The van der Waals surface area contributed by atoms with E-state index in [1.54, 1.807) is 0 Å². The molecule has 18 heavy (non-hydrogen) atoms. The monoisotopic (exact) mass is 249 g/mol. The van der Waals surface area contributed by atoms with E-state index in [4.69, 9.17) is 0 Å². The molecule has 1 rings (SSSR count). The third-order valence-electron chi connectivity index (χ3n) is 3.68. The Morgan fingerprint density at radius 1 is 0.556 bits per heavy atom. The fourth-order valence-electron chi connectivity index (χ4n) is 2.55. The Kier molecular flexibility index (Phi) is 8.90. The normalized spacial score (nSPS) is 18.2. The summed E-state index contributed by atoms with van der Waals surface area (Å²) in [6.07, 6.45) is 7.93. The van der Waals surface area contributed by atoms with Gasteiger partial charge in [0, 0.05) is 0 Å². The van der Waals surface area contributed by atoms with Gasteiger partial charge in [-0.2, -0.15) is 0 Å². The third kappa shape index (κ3) is 6.30. The molecule has 0 aromatic heterocycles. The van der Waals surface area contributed by atoms with Gasteiger partial charge in [-0.05, 0) is 38.9 Å². The summed E-state index contributed by atoms with van der Waals surface area (Å²) in [5, 5.41) is 0. The van der Waals surface area contributed by atoms with Crippen LogP contribution in [0.1, 0.15) is 59.3 Å². The molecule has 0 saturated carbocycles. The van der Waals surface area contributed by atoms with Crippen molar-refractivity contribution in [3.8, 4) is 0 Å². The molecule has 3 nitrogen and oxygen atoms in total. The molecule has 1 aliphatic heterocycles. The Balaban J connectivity index is 2.38. The van der Waals surface area contributed by atoms with E-state index in [0.717, 1.165) is 0 Å². The zero-order valence-corrected chi connectivity index (χ0v) is 12.8. The average molecular weight is 249 g/mol. The highest BCUT2D eigenvalue weighted by atomic mass is 15.3. The number of unbranched alkanes of at least 4 members (excludes halogenated alkanes) is 3. The second-order valence-electron chi connectivity index (χ2n) is 5.67. The minimum atomic E-state index is 1.18. The Hall–Kier alpha value is 0.0748. The summed E-state index contributed by atoms with van der Waals surface area (Å²) in [4.78, 5) is 0. The van der Waals surface area contributed by atoms with Crippen LogP contribution in [0.3, 0.4) is 0 Å². The molecule has 0 N–H and O–H groups in total. The molecule has 102 valence electrons. The molecule has 1 heterocycles. The highest BCUT2D eigenvalue weighted by Crippen LogP contribution is 2.06. The molecular formula is C12H30B3N3. The predicted molar refractivity (Wildman–Crippen MR) is 86.3 cm³/mol. The molecule has 0 aromatic rings. The molecule has 0 atom stereocenters. The van der Waals surface area contributed by atoms with Crippen LogP contribution >= 0.6 is 0 Å². The van der Waals surface area contributed by atoms with E-state index in [9.17, 15) is 0 Å². The average Bonchev–Trinajstić information content (AvgIpc) is 2.40. The predicted octanol–water partition coefficient (Wildman–Crippen LogP) is 1.11. The zero-order valence-electron chi connectivity index (χ0n) is 12.8. The maximum absolute atomic E-state index is 2.62. The van der Waals surface area contributed by atoms with Crippen molar-refractivity contribution in [2.75, 3.05) is 19.6 Å². The van der Waals surface area contributed by atoms with Crippen molar-refractivity contribution in [1.82, 2.24) is 14.2 Å². The van der Waals surface area contributed by atoms with Crippen LogP contribution in [-0.2, 0) is 0 Å². The highest BCUT2D eigenvalue weighted by Gasteiger charge is 2.26. The van der Waals surface area contributed by atoms with E-state index in [1.807, 2.05) is 0 Å². The molecule has 1 aliphatic rings. The number of hydrogen-bond acceptors (Lipinski definition) is 3. The fourth-order valence-corrected chi connectivity index (χ4v) is 2.55. The maximum atomic E-state index is 2.62. The van der Waals surface area contributed by atoms with Gasteiger partial charge in [0.05, 0.1) is 0 Å². The van der Waals surface area contributed by atoms with Gasteiger partial charge in [-0.15, -0.1) is 0 Å². The van der Waals surface area contributed by atoms with Crippen LogP contribution in [0.5, 0.6) is 0 Å². The molecule has 0 aromatic carbocycles. The molecule has 0 spiro atoms.